The number of likely N-dealkylation sites (tertiary alicyclic amines) is 1. The molecule has 1 saturated heterocycles. The molecular weight excluding hydrogens is 256 g/mol. The van der Waals surface area contributed by atoms with Gasteiger partial charge in [-0.3, -0.25) is 9.78 Å². The van der Waals surface area contributed by atoms with Crippen LogP contribution in [-0.4, -0.2) is 54.1 Å². The fraction of sp³-hybridized carbons (Fsp3) is 0.643. The lowest BCUT2D eigenvalue weighted by molar-refractivity contribution is -0.130. The summed E-state index contributed by atoms with van der Waals surface area (Å²) in [7, 11) is 3.82. The molecule has 0 saturated carbocycles. The highest BCUT2D eigenvalue weighted by Crippen LogP contribution is 2.18. The molecule has 0 aromatic carbocycles. The monoisotopic (exact) mass is 278 g/mol. The normalized spacial score (nSPS) is 18.1. The van der Waals surface area contributed by atoms with Gasteiger partial charge in [0.05, 0.1) is 18.9 Å². The average Bonchev–Trinajstić information content (AvgIpc) is 2.88. The van der Waals surface area contributed by atoms with E-state index in [9.17, 15) is 4.79 Å². The topological polar surface area (TPSA) is 58.6 Å². The van der Waals surface area contributed by atoms with Crippen LogP contribution in [-0.2, 0) is 4.79 Å². The number of carbonyl (C=O) groups excluding carboxylic acids is 1. The van der Waals surface area contributed by atoms with Crippen molar-refractivity contribution in [2.45, 2.75) is 32.3 Å². The molecule has 0 aliphatic carbocycles. The summed E-state index contributed by atoms with van der Waals surface area (Å²) in [6, 6.07) is 0. The molecule has 0 bridgehead atoms. The summed E-state index contributed by atoms with van der Waals surface area (Å²) in [5.41, 5.74) is 0. The molecule has 1 unspecified atom stereocenters. The zero-order chi connectivity index (χ0) is 14.5. The van der Waals surface area contributed by atoms with Crippen molar-refractivity contribution in [2.24, 2.45) is 0 Å². The van der Waals surface area contributed by atoms with E-state index in [-0.39, 0.29) is 12.0 Å². The van der Waals surface area contributed by atoms with Crippen molar-refractivity contribution in [1.29, 1.82) is 0 Å². The van der Waals surface area contributed by atoms with Gasteiger partial charge in [-0.25, -0.2) is 0 Å². The third-order valence-corrected chi connectivity index (χ3v) is 3.31. The minimum absolute atomic E-state index is 0.0162. The number of amides is 1. The van der Waals surface area contributed by atoms with Crippen molar-refractivity contribution in [3.8, 4) is 5.88 Å². The Morgan fingerprint density at radius 1 is 1.50 bits per heavy atom. The predicted octanol–water partition coefficient (Wildman–Crippen LogP) is 1.32. The number of anilines is 1. The molecule has 1 aromatic heterocycles. The quantitative estimate of drug-likeness (QED) is 0.813. The van der Waals surface area contributed by atoms with Gasteiger partial charge in [0, 0.05) is 33.5 Å². The van der Waals surface area contributed by atoms with Crippen molar-refractivity contribution in [1.82, 2.24) is 14.9 Å². The highest BCUT2D eigenvalue weighted by Gasteiger charge is 2.27. The molecule has 1 fully saturated rings. The van der Waals surface area contributed by atoms with Crippen LogP contribution in [0.15, 0.2) is 12.4 Å². The van der Waals surface area contributed by atoms with Gasteiger partial charge in [-0.05, 0) is 6.42 Å². The Kier molecular flexibility index (Phi) is 4.76. The van der Waals surface area contributed by atoms with E-state index < -0.39 is 0 Å². The highest BCUT2D eigenvalue weighted by molar-refractivity contribution is 5.76. The van der Waals surface area contributed by atoms with Crippen LogP contribution in [0.5, 0.6) is 5.88 Å². The molecule has 1 aliphatic rings. The number of hydrogen-bond acceptors (Lipinski definition) is 5. The van der Waals surface area contributed by atoms with Gasteiger partial charge in [0.1, 0.15) is 6.10 Å². The Morgan fingerprint density at radius 3 is 3.00 bits per heavy atom. The maximum atomic E-state index is 11.8. The van der Waals surface area contributed by atoms with E-state index in [1.807, 2.05) is 30.8 Å². The van der Waals surface area contributed by atoms with E-state index in [2.05, 4.69) is 9.97 Å². The van der Waals surface area contributed by atoms with Crippen molar-refractivity contribution in [3.63, 3.8) is 0 Å². The highest BCUT2D eigenvalue weighted by atomic mass is 16.5. The van der Waals surface area contributed by atoms with Gasteiger partial charge in [-0.2, -0.15) is 4.98 Å². The standard InChI is InChI=1S/C14H22N4O2/c1-4-5-14(19)18-7-6-11(10-18)20-13-9-15-8-12(16-13)17(2)3/h8-9,11H,4-7,10H2,1-3H3. The van der Waals surface area contributed by atoms with Gasteiger partial charge in [0.15, 0.2) is 5.82 Å². The molecule has 1 amide bonds. The molecule has 6 nitrogen and oxygen atoms in total. The first-order valence-electron chi connectivity index (χ1n) is 7.04. The van der Waals surface area contributed by atoms with Crippen LogP contribution in [0, 0.1) is 0 Å². The number of carbonyl (C=O) groups is 1. The minimum atomic E-state index is 0.0162. The maximum Gasteiger partial charge on any atom is 0.234 e. The molecular formula is C14H22N4O2. The predicted molar refractivity (Wildman–Crippen MR) is 76.9 cm³/mol. The van der Waals surface area contributed by atoms with Crippen LogP contribution in [0.25, 0.3) is 0 Å². The number of nitrogens with zero attached hydrogens (tertiary/aromatic N) is 4. The van der Waals surface area contributed by atoms with E-state index in [4.69, 9.17) is 4.74 Å². The van der Waals surface area contributed by atoms with E-state index >= 15 is 0 Å². The van der Waals surface area contributed by atoms with E-state index in [1.54, 1.807) is 12.4 Å². The number of aromatic nitrogens is 2. The van der Waals surface area contributed by atoms with Gasteiger partial charge in [-0.15, -0.1) is 0 Å². The summed E-state index contributed by atoms with van der Waals surface area (Å²) in [5, 5.41) is 0. The Balaban J connectivity index is 1.92. The van der Waals surface area contributed by atoms with Crippen LogP contribution in [0.3, 0.4) is 0 Å². The fourth-order valence-corrected chi connectivity index (χ4v) is 2.20. The Labute approximate surface area is 119 Å². The molecule has 6 heteroatoms. The first-order chi connectivity index (χ1) is 9.60. The van der Waals surface area contributed by atoms with Crippen molar-refractivity contribution >= 4 is 11.7 Å². The third kappa shape index (κ3) is 3.59. The number of rotatable bonds is 5. The van der Waals surface area contributed by atoms with Crippen molar-refractivity contribution in [2.75, 3.05) is 32.1 Å². The lowest BCUT2D eigenvalue weighted by Crippen LogP contribution is -2.30. The van der Waals surface area contributed by atoms with Gasteiger partial charge >= 0.3 is 0 Å². The molecule has 110 valence electrons. The molecule has 20 heavy (non-hydrogen) atoms. The first-order valence-corrected chi connectivity index (χ1v) is 7.04. The lowest BCUT2D eigenvalue weighted by Gasteiger charge is -2.17. The molecule has 1 aromatic rings. The summed E-state index contributed by atoms with van der Waals surface area (Å²) in [5.74, 6) is 1.50. The SMILES string of the molecule is CCCC(=O)N1CCC(Oc2cncc(N(C)C)n2)C1. The molecule has 1 aliphatic heterocycles. The minimum Gasteiger partial charge on any atom is -0.471 e. The van der Waals surface area contributed by atoms with Crippen molar-refractivity contribution in [3.05, 3.63) is 12.4 Å². The van der Waals surface area contributed by atoms with E-state index in [1.165, 1.54) is 0 Å². The fourth-order valence-electron chi connectivity index (χ4n) is 2.20. The smallest absolute Gasteiger partial charge is 0.234 e. The van der Waals surface area contributed by atoms with Gasteiger partial charge < -0.3 is 14.5 Å². The van der Waals surface area contributed by atoms with Gasteiger partial charge in [-0.1, -0.05) is 6.92 Å². The molecule has 0 radical (unpaired) electrons. The molecule has 2 rings (SSSR count). The van der Waals surface area contributed by atoms with Crippen molar-refractivity contribution < 1.29 is 9.53 Å². The Morgan fingerprint density at radius 2 is 2.30 bits per heavy atom. The van der Waals surface area contributed by atoms with Gasteiger partial charge in [0.2, 0.25) is 11.8 Å². The van der Waals surface area contributed by atoms with Crippen LogP contribution in [0.4, 0.5) is 5.82 Å². The van der Waals surface area contributed by atoms with Gasteiger partial charge in [0.25, 0.3) is 0 Å². The zero-order valence-corrected chi connectivity index (χ0v) is 12.4. The largest absolute Gasteiger partial charge is 0.471 e. The molecule has 0 N–H and O–H groups in total. The summed E-state index contributed by atoms with van der Waals surface area (Å²) < 4.78 is 5.83. The summed E-state index contributed by atoms with van der Waals surface area (Å²) >= 11 is 0. The summed E-state index contributed by atoms with van der Waals surface area (Å²) in [4.78, 5) is 24.1. The number of hydrogen-bond donors (Lipinski definition) is 0. The Hall–Kier alpha value is -1.85. The molecule has 2 heterocycles. The lowest BCUT2D eigenvalue weighted by atomic mass is 10.3. The second-order valence-electron chi connectivity index (χ2n) is 5.23. The molecule has 0 spiro atoms. The van der Waals surface area contributed by atoms with Crippen LogP contribution in [0.2, 0.25) is 0 Å². The third-order valence-electron chi connectivity index (χ3n) is 3.31. The van der Waals surface area contributed by atoms with Crippen LogP contribution >= 0.6 is 0 Å². The summed E-state index contributed by atoms with van der Waals surface area (Å²) in [6.45, 7) is 3.43. The maximum absolute atomic E-state index is 11.8. The van der Waals surface area contributed by atoms with Crippen LogP contribution in [0.1, 0.15) is 26.2 Å². The zero-order valence-electron chi connectivity index (χ0n) is 12.4. The van der Waals surface area contributed by atoms with E-state index in [0.717, 1.165) is 25.2 Å². The summed E-state index contributed by atoms with van der Waals surface area (Å²) in [6.07, 6.45) is 5.67. The second-order valence-corrected chi connectivity index (χ2v) is 5.23. The molecule has 1 atom stereocenters. The first kappa shape index (κ1) is 14.6. The van der Waals surface area contributed by atoms with Crippen LogP contribution < -0.4 is 9.64 Å². The Bertz CT molecular complexity index is 464. The average molecular weight is 278 g/mol. The van der Waals surface area contributed by atoms with E-state index in [0.29, 0.717) is 18.8 Å². The second kappa shape index (κ2) is 6.54. The number of ether oxygens (including phenoxy) is 1.